The number of aliphatic hydroxyl groups excluding tert-OH is 1. The van der Waals surface area contributed by atoms with E-state index in [4.69, 9.17) is 0 Å². The minimum Gasteiger partial charge on any atom is -0.393 e. The lowest BCUT2D eigenvalue weighted by atomic mass is 9.44. The molecule has 2 nitrogen and oxygen atoms in total. The maximum absolute atomic E-state index is 12.5. The molecule has 4 rings (SSSR count). The average Bonchev–Trinajstić information content (AvgIpc) is 2.83. The molecule has 0 aromatic heterocycles. The third kappa shape index (κ3) is 2.12. The van der Waals surface area contributed by atoms with Crippen molar-refractivity contribution in [1.29, 1.82) is 0 Å². The van der Waals surface area contributed by atoms with Crippen molar-refractivity contribution in [2.45, 2.75) is 84.7 Å². The molecule has 4 saturated carbocycles. The molecule has 0 amide bonds. The van der Waals surface area contributed by atoms with Crippen molar-refractivity contribution in [3.63, 3.8) is 0 Å². The Kier molecular flexibility index (Phi) is 3.72. The SMILES string of the molecule is CC[C@H]1C[C@@]2(C)[C@@H](CC[C@@H]3[C@@H]2CC[C@]2(C)C(=O)CC[C@@H]32)C[C@@H]1O. The number of hydrogen-bond donors (Lipinski definition) is 1. The lowest BCUT2D eigenvalue weighted by molar-refractivity contribution is -0.149. The highest BCUT2D eigenvalue weighted by atomic mass is 16.3. The largest absolute Gasteiger partial charge is 0.393 e. The quantitative estimate of drug-likeness (QED) is 0.767. The molecule has 1 N–H and O–H groups in total. The smallest absolute Gasteiger partial charge is 0.139 e. The molecule has 8 atom stereocenters. The van der Waals surface area contributed by atoms with E-state index in [2.05, 4.69) is 20.8 Å². The number of Topliss-reactive ketones (excluding diaryl/α,β-unsaturated/α-hetero) is 1. The number of aliphatic hydroxyl groups is 1. The standard InChI is InChI=1S/C21H34O2/c1-4-13-12-21(3)14(11-18(13)22)5-6-15-16-7-8-19(23)20(16,2)10-9-17(15)21/h13-18,22H,4-12H2,1-3H3/t13-,14-,15-,16-,17-,18-,20-,21-/m0/s1. The average molecular weight is 319 g/mol. The number of carbonyl (C=O) groups is 1. The van der Waals surface area contributed by atoms with Crippen molar-refractivity contribution < 1.29 is 9.90 Å². The van der Waals surface area contributed by atoms with Crippen LogP contribution in [0.25, 0.3) is 0 Å². The first kappa shape index (κ1) is 16.1. The lowest BCUT2D eigenvalue weighted by Crippen LogP contribution is -2.55. The van der Waals surface area contributed by atoms with Gasteiger partial charge in [0.2, 0.25) is 0 Å². The molecule has 0 bridgehead atoms. The zero-order valence-electron chi connectivity index (χ0n) is 15.2. The van der Waals surface area contributed by atoms with Crippen molar-refractivity contribution >= 4 is 5.78 Å². The summed E-state index contributed by atoms with van der Waals surface area (Å²) in [6.07, 6.45) is 10.2. The molecule has 0 aromatic rings. The summed E-state index contributed by atoms with van der Waals surface area (Å²) in [5.74, 6) is 3.98. The molecule has 2 heteroatoms. The van der Waals surface area contributed by atoms with E-state index in [1.807, 2.05) is 0 Å². The Morgan fingerprint density at radius 1 is 1.13 bits per heavy atom. The highest BCUT2D eigenvalue weighted by Gasteiger charge is 2.60. The van der Waals surface area contributed by atoms with Crippen molar-refractivity contribution in [3.05, 3.63) is 0 Å². The maximum atomic E-state index is 12.5. The van der Waals surface area contributed by atoms with E-state index in [1.165, 1.54) is 25.7 Å². The van der Waals surface area contributed by atoms with Gasteiger partial charge in [0.1, 0.15) is 5.78 Å². The van der Waals surface area contributed by atoms with Crippen LogP contribution in [0.1, 0.15) is 78.6 Å². The van der Waals surface area contributed by atoms with Crippen LogP contribution in [0.3, 0.4) is 0 Å². The lowest BCUT2D eigenvalue weighted by Gasteiger charge is -2.61. The monoisotopic (exact) mass is 318 g/mol. The predicted octanol–water partition coefficient (Wildman–Crippen LogP) is 4.60. The van der Waals surface area contributed by atoms with Crippen LogP contribution in [0, 0.1) is 40.4 Å². The van der Waals surface area contributed by atoms with Gasteiger partial charge in [-0.3, -0.25) is 4.79 Å². The van der Waals surface area contributed by atoms with E-state index in [-0.39, 0.29) is 11.5 Å². The van der Waals surface area contributed by atoms with Crippen LogP contribution in [0.2, 0.25) is 0 Å². The number of carbonyl (C=O) groups excluding carboxylic acids is 1. The topological polar surface area (TPSA) is 37.3 Å². The molecule has 4 aliphatic carbocycles. The predicted molar refractivity (Wildman–Crippen MR) is 91.9 cm³/mol. The minimum absolute atomic E-state index is 0.00268. The third-order valence-electron chi connectivity index (χ3n) is 9.07. The fourth-order valence-electron chi connectivity index (χ4n) is 7.61. The summed E-state index contributed by atoms with van der Waals surface area (Å²) < 4.78 is 0. The molecule has 130 valence electrons. The van der Waals surface area contributed by atoms with Crippen LogP contribution < -0.4 is 0 Å². The van der Waals surface area contributed by atoms with Crippen LogP contribution in [-0.4, -0.2) is 17.0 Å². The van der Waals surface area contributed by atoms with E-state index in [9.17, 15) is 9.90 Å². The Balaban J connectivity index is 1.64. The Morgan fingerprint density at radius 3 is 2.65 bits per heavy atom. The van der Waals surface area contributed by atoms with Crippen LogP contribution >= 0.6 is 0 Å². The Morgan fingerprint density at radius 2 is 1.91 bits per heavy atom. The van der Waals surface area contributed by atoms with Gasteiger partial charge in [-0.15, -0.1) is 0 Å². The fraction of sp³-hybridized carbons (Fsp3) is 0.952. The molecule has 0 aromatic carbocycles. The van der Waals surface area contributed by atoms with E-state index >= 15 is 0 Å². The highest BCUT2D eigenvalue weighted by Crippen LogP contribution is 2.66. The van der Waals surface area contributed by atoms with Gasteiger partial charge in [-0.05, 0) is 80.0 Å². The summed E-state index contributed by atoms with van der Waals surface area (Å²) in [5.41, 5.74) is 0.415. The van der Waals surface area contributed by atoms with E-state index < -0.39 is 0 Å². The molecule has 0 saturated heterocycles. The zero-order valence-corrected chi connectivity index (χ0v) is 15.2. The molecule has 0 heterocycles. The summed E-state index contributed by atoms with van der Waals surface area (Å²) in [4.78, 5) is 12.5. The number of ketones is 1. The van der Waals surface area contributed by atoms with Crippen molar-refractivity contribution in [2.24, 2.45) is 40.4 Å². The molecule has 23 heavy (non-hydrogen) atoms. The van der Waals surface area contributed by atoms with Crippen molar-refractivity contribution in [2.75, 3.05) is 0 Å². The van der Waals surface area contributed by atoms with Gasteiger partial charge in [0.25, 0.3) is 0 Å². The van der Waals surface area contributed by atoms with Crippen LogP contribution in [0.4, 0.5) is 0 Å². The van der Waals surface area contributed by atoms with Crippen LogP contribution in [-0.2, 0) is 4.79 Å². The van der Waals surface area contributed by atoms with Gasteiger partial charge in [0.15, 0.2) is 0 Å². The number of fused-ring (bicyclic) bond motifs is 5. The van der Waals surface area contributed by atoms with Crippen LogP contribution in [0.15, 0.2) is 0 Å². The van der Waals surface area contributed by atoms with Gasteiger partial charge in [0, 0.05) is 11.8 Å². The summed E-state index contributed by atoms with van der Waals surface area (Å²) in [6.45, 7) is 7.06. The van der Waals surface area contributed by atoms with Crippen molar-refractivity contribution in [3.8, 4) is 0 Å². The van der Waals surface area contributed by atoms with Gasteiger partial charge in [0.05, 0.1) is 6.10 Å². The molecule has 4 fully saturated rings. The van der Waals surface area contributed by atoms with E-state index in [0.717, 1.165) is 43.9 Å². The zero-order chi connectivity index (χ0) is 16.4. The summed E-state index contributed by atoms with van der Waals surface area (Å²) in [5, 5.41) is 10.5. The highest BCUT2D eigenvalue weighted by molar-refractivity contribution is 5.87. The maximum Gasteiger partial charge on any atom is 0.139 e. The van der Waals surface area contributed by atoms with Gasteiger partial charge >= 0.3 is 0 Å². The summed E-state index contributed by atoms with van der Waals surface area (Å²) >= 11 is 0. The molecule has 0 unspecified atom stereocenters. The molecule has 0 spiro atoms. The van der Waals surface area contributed by atoms with Gasteiger partial charge in [-0.1, -0.05) is 27.2 Å². The third-order valence-corrected chi connectivity index (χ3v) is 9.07. The first-order valence-electron chi connectivity index (χ1n) is 10.1. The Labute approximate surface area is 141 Å². The normalized spacial score (nSPS) is 55.9. The van der Waals surface area contributed by atoms with E-state index in [1.54, 1.807) is 0 Å². The molecule has 4 aliphatic rings. The minimum atomic E-state index is -0.0726. The Hall–Kier alpha value is -0.370. The number of rotatable bonds is 1. The number of hydrogen-bond acceptors (Lipinski definition) is 2. The van der Waals surface area contributed by atoms with E-state index in [0.29, 0.717) is 29.0 Å². The van der Waals surface area contributed by atoms with Gasteiger partial charge in [-0.2, -0.15) is 0 Å². The second kappa shape index (κ2) is 5.31. The van der Waals surface area contributed by atoms with Gasteiger partial charge < -0.3 is 5.11 Å². The molecular formula is C21H34O2. The molecule has 0 aliphatic heterocycles. The second-order valence-corrected chi connectivity index (χ2v) is 9.75. The van der Waals surface area contributed by atoms with Crippen molar-refractivity contribution in [1.82, 2.24) is 0 Å². The Bertz CT molecular complexity index is 500. The molecular weight excluding hydrogens is 284 g/mol. The summed E-state index contributed by atoms with van der Waals surface area (Å²) in [6, 6.07) is 0. The molecule has 0 radical (unpaired) electrons. The van der Waals surface area contributed by atoms with Crippen LogP contribution in [0.5, 0.6) is 0 Å². The summed E-state index contributed by atoms with van der Waals surface area (Å²) in [7, 11) is 0. The fourth-order valence-corrected chi connectivity index (χ4v) is 7.61. The first-order valence-corrected chi connectivity index (χ1v) is 10.1. The first-order chi connectivity index (χ1) is 10.9. The van der Waals surface area contributed by atoms with Gasteiger partial charge in [-0.25, -0.2) is 0 Å². The second-order valence-electron chi connectivity index (χ2n) is 9.75.